The number of pyridine rings is 1. The normalized spacial score (nSPS) is 18.0. The maximum absolute atomic E-state index is 13.3. The summed E-state index contributed by atoms with van der Waals surface area (Å²) >= 11 is 1.52. The highest BCUT2D eigenvalue weighted by Gasteiger charge is 2.24. The molecular weight excluding hydrogens is 327 g/mol. The van der Waals surface area contributed by atoms with Gasteiger partial charge in [-0.15, -0.1) is 11.3 Å². The third kappa shape index (κ3) is 4.36. The fraction of sp³-hybridized carbons (Fsp3) is 0.471. The van der Waals surface area contributed by atoms with E-state index in [0.29, 0.717) is 11.0 Å². The SMILES string of the molecule is CC(=O)Nc1ncc(CN2CCC(Cc3cc(F)ncc3C)C2)s1. The molecule has 0 saturated carbocycles. The molecule has 0 spiro atoms. The Balaban J connectivity index is 1.54. The first-order valence-electron chi connectivity index (χ1n) is 8.05. The average molecular weight is 348 g/mol. The molecule has 7 heteroatoms. The fourth-order valence-corrected chi connectivity index (χ4v) is 4.00. The van der Waals surface area contributed by atoms with Gasteiger partial charge in [-0.05, 0) is 49.4 Å². The largest absolute Gasteiger partial charge is 0.302 e. The van der Waals surface area contributed by atoms with Crippen molar-refractivity contribution in [3.8, 4) is 0 Å². The van der Waals surface area contributed by atoms with Crippen LogP contribution in [0.3, 0.4) is 0 Å². The van der Waals surface area contributed by atoms with Crippen LogP contribution in [0.2, 0.25) is 0 Å². The van der Waals surface area contributed by atoms with Crippen molar-refractivity contribution in [3.63, 3.8) is 0 Å². The number of amides is 1. The topological polar surface area (TPSA) is 58.1 Å². The van der Waals surface area contributed by atoms with E-state index >= 15 is 0 Å². The molecule has 1 aliphatic heterocycles. The van der Waals surface area contributed by atoms with Crippen LogP contribution in [0.4, 0.5) is 9.52 Å². The van der Waals surface area contributed by atoms with Crippen LogP contribution in [-0.2, 0) is 17.8 Å². The molecule has 24 heavy (non-hydrogen) atoms. The number of hydrogen-bond donors (Lipinski definition) is 1. The molecular formula is C17H21FN4OS. The van der Waals surface area contributed by atoms with Gasteiger partial charge in [0.05, 0.1) is 0 Å². The number of anilines is 1. The predicted octanol–water partition coefficient (Wildman–Crippen LogP) is 3.01. The average Bonchev–Trinajstić information content (AvgIpc) is 3.13. The van der Waals surface area contributed by atoms with Crippen LogP contribution < -0.4 is 5.32 Å². The lowest BCUT2D eigenvalue weighted by Gasteiger charge is -2.15. The third-order valence-electron chi connectivity index (χ3n) is 4.28. The number of carbonyl (C=O) groups excluding carboxylic acids is 1. The van der Waals surface area contributed by atoms with Gasteiger partial charge in [0.1, 0.15) is 0 Å². The fourth-order valence-electron chi connectivity index (χ4n) is 3.10. The molecule has 0 aliphatic carbocycles. The Morgan fingerprint density at radius 1 is 1.46 bits per heavy atom. The molecule has 0 bridgehead atoms. The molecule has 1 atom stereocenters. The van der Waals surface area contributed by atoms with Crippen LogP contribution in [-0.4, -0.2) is 33.9 Å². The van der Waals surface area contributed by atoms with Gasteiger partial charge in [-0.2, -0.15) is 4.39 Å². The minimum absolute atomic E-state index is 0.0999. The van der Waals surface area contributed by atoms with E-state index in [9.17, 15) is 9.18 Å². The summed E-state index contributed by atoms with van der Waals surface area (Å²) in [6, 6.07) is 1.56. The van der Waals surface area contributed by atoms with Crippen molar-refractivity contribution in [2.75, 3.05) is 18.4 Å². The third-order valence-corrected chi connectivity index (χ3v) is 5.17. The monoisotopic (exact) mass is 348 g/mol. The molecule has 1 aliphatic rings. The molecule has 1 fully saturated rings. The summed E-state index contributed by atoms with van der Waals surface area (Å²) in [6.07, 6.45) is 5.44. The van der Waals surface area contributed by atoms with E-state index in [1.807, 2.05) is 13.1 Å². The molecule has 1 amide bonds. The van der Waals surface area contributed by atoms with Crippen LogP contribution in [0.25, 0.3) is 0 Å². The number of halogens is 1. The van der Waals surface area contributed by atoms with Crippen molar-refractivity contribution in [2.24, 2.45) is 5.92 Å². The first-order valence-corrected chi connectivity index (χ1v) is 8.87. The van der Waals surface area contributed by atoms with Crippen molar-refractivity contribution in [1.29, 1.82) is 0 Å². The zero-order valence-electron chi connectivity index (χ0n) is 13.9. The van der Waals surface area contributed by atoms with Gasteiger partial charge in [0.25, 0.3) is 0 Å². The van der Waals surface area contributed by atoms with Gasteiger partial charge in [0, 0.05) is 37.3 Å². The van der Waals surface area contributed by atoms with Gasteiger partial charge in [-0.25, -0.2) is 9.97 Å². The summed E-state index contributed by atoms with van der Waals surface area (Å²) in [5.74, 6) is 0.0333. The lowest BCUT2D eigenvalue weighted by molar-refractivity contribution is -0.114. The number of aromatic nitrogens is 2. The molecule has 5 nitrogen and oxygen atoms in total. The number of carbonyl (C=O) groups is 1. The second-order valence-electron chi connectivity index (χ2n) is 6.34. The molecule has 1 N–H and O–H groups in total. The Bertz CT molecular complexity index is 733. The number of likely N-dealkylation sites (tertiary alicyclic amines) is 1. The summed E-state index contributed by atoms with van der Waals surface area (Å²) < 4.78 is 13.3. The second-order valence-corrected chi connectivity index (χ2v) is 7.46. The molecule has 3 heterocycles. The number of thiazole rings is 1. The lowest BCUT2D eigenvalue weighted by Crippen LogP contribution is -2.20. The Hall–Kier alpha value is -1.86. The van der Waals surface area contributed by atoms with E-state index in [1.54, 1.807) is 12.3 Å². The number of rotatable bonds is 5. The molecule has 3 rings (SSSR count). The Morgan fingerprint density at radius 3 is 3.08 bits per heavy atom. The lowest BCUT2D eigenvalue weighted by atomic mass is 9.97. The van der Waals surface area contributed by atoms with E-state index in [4.69, 9.17) is 0 Å². The number of aryl methyl sites for hydroxylation is 1. The summed E-state index contributed by atoms with van der Waals surface area (Å²) in [6.45, 7) is 6.34. The molecule has 1 saturated heterocycles. The summed E-state index contributed by atoms with van der Waals surface area (Å²) in [5.41, 5.74) is 2.11. The van der Waals surface area contributed by atoms with Crippen LogP contribution >= 0.6 is 11.3 Å². The Morgan fingerprint density at radius 2 is 2.29 bits per heavy atom. The Kier molecular flexibility index (Phi) is 5.20. The van der Waals surface area contributed by atoms with Gasteiger partial charge in [-0.3, -0.25) is 9.69 Å². The predicted molar refractivity (Wildman–Crippen MR) is 92.4 cm³/mol. The van der Waals surface area contributed by atoms with Crippen LogP contribution in [0.15, 0.2) is 18.5 Å². The second kappa shape index (κ2) is 7.36. The van der Waals surface area contributed by atoms with E-state index in [-0.39, 0.29) is 5.91 Å². The smallest absolute Gasteiger partial charge is 0.223 e. The summed E-state index contributed by atoms with van der Waals surface area (Å²) in [5, 5.41) is 3.36. The minimum Gasteiger partial charge on any atom is -0.302 e. The molecule has 2 aromatic heterocycles. The van der Waals surface area contributed by atoms with Crippen molar-refractivity contribution < 1.29 is 9.18 Å². The van der Waals surface area contributed by atoms with Gasteiger partial charge in [0.15, 0.2) is 5.13 Å². The Labute approximate surface area is 144 Å². The molecule has 128 valence electrons. The van der Waals surface area contributed by atoms with Gasteiger partial charge < -0.3 is 5.32 Å². The van der Waals surface area contributed by atoms with Gasteiger partial charge in [-0.1, -0.05) is 0 Å². The highest BCUT2D eigenvalue weighted by molar-refractivity contribution is 7.15. The van der Waals surface area contributed by atoms with E-state index in [2.05, 4.69) is 20.2 Å². The van der Waals surface area contributed by atoms with Crippen molar-refractivity contribution >= 4 is 22.4 Å². The van der Waals surface area contributed by atoms with Crippen molar-refractivity contribution in [1.82, 2.24) is 14.9 Å². The van der Waals surface area contributed by atoms with Crippen LogP contribution in [0.5, 0.6) is 0 Å². The maximum Gasteiger partial charge on any atom is 0.223 e. The molecule has 2 aromatic rings. The quantitative estimate of drug-likeness (QED) is 0.844. The highest BCUT2D eigenvalue weighted by atomic mass is 32.1. The first-order chi connectivity index (χ1) is 11.5. The zero-order chi connectivity index (χ0) is 17.1. The standard InChI is InChI=1S/C17H21FN4OS/c1-11-7-19-16(18)6-14(11)5-13-3-4-22(9-13)10-15-8-20-17(24-15)21-12(2)23/h6-8,13H,3-5,9-10H2,1-2H3,(H,20,21,23). The van der Waals surface area contributed by atoms with Gasteiger partial charge >= 0.3 is 0 Å². The molecule has 1 unspecified atom stereocenters. The van der Waals surface area contributed by atoms with Crippen LogP contribution in [0, 0.1) is 18.8 Å². The van der Waals surface area contributed by atoms with E-state index in [0.717, 1.165) is 48.5 Å². The number of hydrogen-bond acceptors (Lipinski definition) is 5. The minimum atomic E-state index is -0.402. The summed E-state index contributed by atoms with van der Waals surface area (Å²) in [7, 11) is 0. The summed E-state index contributed by atoms with van der Waals surface area (Å²) in [4.78, 5) is 22.5. The van der Waals surface area contributed by atoms with Crippen molar-refractivity contribution in [2.45, 2.75) is 33.2 Å². The van der Waals surface area contributed by atoms with E-state index < -0.39 is 5.95 Å². The number of nitrogens with zero attached hydrogens (tertiary/aromatic N) is 3. The zero-order valence-corrected chi connectivity index (χ0v) is 14.7. The highest BCUT2D eigenvalue weighted by Crippen LogP contribution is 2.26. The van der Waals surface area contributed by atoms with Gasteiger partial charge in [0.2, 0.25) is 11.9 Å². The van der Waals surface area contributed by atoms with Crippen LogP contribution in [0.1, 0.15) is 29.3 Å². The molecule has 0 radical (unpaired) electrons. The van der Waals surface area contributed by atoms with Crippen molar-refractivity contribution in [3.05, 3.63) is 40.4 Å². The maximum atomic E-state index is 13.3. The first kappa shape index (κ1) is 17.0. The molecule has 0 aromatic carbocycles. The number of nitrogens with one attached hydrogen (secondary N) is 1. The van der Waals surface area contributed by atoms with E-state index in [1.165, 1.54) is 18.3 Å².